The normalized spacial score (nSPS) is 25.4. The van der Waals surface area contributed by atoms with Gasteiger partial charge in [0.15, 0.2) is 0 Å². The SMILES string of the molecule is N#Cc1ccc(OCCCN2C[C@H]3CC[C@H]3C2)cc1. The Labute approximate surface area is 114 Å². The van der Waals surface area contributed by atoms with Gasteiger partial charge in [0.25, 0.3) is 0 Å². The lowest BCUT2D eigenvalue weighted by atomic mass is 9.77. The topological polar surface area (TPSA) is 36.3 Å². The minimum absolute atomic E-state index is 0.680. The lowest BCUT2D eigenvalue weighted by Gasteiger charge is -2.28. The molecule has 1 aliphatic heterocycles. The fourth-order valence-electron chi connectivity index (χ4n) is 3.14. The molecule has 3 nitrogen and oxygen atoms in total. The molecule has 0 spiro atoms. The van der Waals surface area contributed by atoms with Crippen LogP contribution >= 0.6 is 0 Å². The predicted octanol–water partition coefficient (Wildman–Crippen LogP) is 2.67. The van der Waals surface area contributed by atoms with Crippen LogP contribution in [-0.4, -0.2) is 31.1 Å². The van der Waals surface area contributed by atoms with Gasteiger partial charge in [-0.15, -0.1) is 0 Å². The summed E-state index contributed by atoms with van der Waals surface area (Å²) in [4.78, 5) is 2.59. The molecule has 0 bridgehead atoms. The monoisotopic (exact) mass is 256 g/mol. The van der Waals surface area contributed by atoms with Gasteiger partial charge in [-0.2, -0.15) is 5.26 Å². The molecule has 2 atom stereocenters. The van der Waals surface area contributed by atoms with Gasteiger partial charge in [-0.05, 0) is 55.4 Å². The molecule has 2 fully saturated rings. The molecule has 1 saturated carbocycles. The molecule has 19 heavy (non-hydrogen) atoms. The summed E-state index contributed by atoms with van der Waals surface area (Å²) in [6, 6.07) is 9.45. The van der Waals surface area contributed by atoms with Crippen molar-refractivity contribution in [1.29, 1.82) is 5.26 Å². The summed E-state index contributed by atoms with van der Waals surface area (Å²) in [5.41, 5.74) is 0.680. The number of rotatable bonds is 5. The standard InChI is InChI=1S/C16H20N2O/c17-10-13-2-6-16(7-3-13)19-9-1-8-18-11-14-4-5-15(14)12-18/h2-3,6-7,14-15H,1,4-5,8-9,11-12H2/t14-,15+. The van der Waals surface area contributed by atoms with E-state index in [9.17, 15) is 0 Å². The van der Waals surface area contributed by atoms with Crippen LogP contribution in [0.4, 0.5) is 0 Å². The molecule has 0 amide bonds. The Morgan fingerprint density at radius 2 is 1.84 bits per heavy atom. The lowest BCUT2D eigenvalue weighted by Crippen LogP contribution is -2.23. The quantitative estimate of drug-likeness (QED) is 0.760. The number of benzene rings is 1. The van der Waals surface area contributed by atoms with Crippen LogP contribution in [0.3, 0.4) is 0 Å². The van der Waals surface area contributed by atoms with E-state index in [2.05, 4.69) is 11.0 Å². The Balaban J connectivity index is 1.35. The van der Waals surface area contributed by atoms with E-state index in [1.165, 1.54) is 25.9 Å². The molecular weight excluding hydrogens is 236 g/mol. The van der Waals surface area contributed by atoms with Crippen LogP contribution in [-0.2, 0) is 0 Å². The first-order chi connectivity index (χ1) is 9.35. The fraction of sp³-hybridized carbons (Fsp3) is 0.562. The molecule has 100 valence electrons. The van der Waals surface area contributed by atoms with Gasteiger partial charge in [0.05, 0.1) is 18.2 Å². The van der Waals surface area contributed by atoms with Crippen molar-refractivity contribution < 1.29 is 4.74 Å². The van der Waals surface area contributed by atoms with Gasteiger partial charge in [-0.3, -0.25) is 0 Å². The van der Waals surface area contributed by atoms with Crippen molar-refractivity contribution in [2.45, 2.75) is 19.3 Å². The highest BCUT2D eigenvalue weighted by molar-refractivity contribution is 5.34. The number of hydrogen-bond acceptors (Lipinski definition) is 3. The third-order valence-corrected chi connectivity index (χ3v) is 4.43. The molecule has 0 radical (unpaired) electrons. The molecule has 3 heteroatoms. The Bertz CT molecular complexity index is 451. The molecular formula is C16H20N2O. The first-order valence-corrected chi connectivity index (χ1v) is 7.20. The van der Waals surface area contributed by atoms with E-state index < -0.39 is 0 Å². The lowest BCUT2D eigenvalue weighted by molar-refractivity contribution is 0.243. The molecule has 1 aromatic rings. The van der Waals surface area contributed by atoms with Gasteiger partial charge in [0.2, 0.25) is 0 Å². The molecule has 1 aromatic carbocycles. The molecule has 0 N–H and O–H groups in total. The van der Waals surface area contributed by atoms with Gasteiger partial charge < -0.3 is 9.64 Å². The van der Waals surface area contributed by atoms with E-state index in [1.807, 2.05) is 12.1 Å². The van der Waals surface area contributed by atoms with Crippen LogP contribution < -0.4 is 4.74 Å². The Hall–Kier alpha value is -1.53. The van der Waals surface area contributed by atoms with Gasteiger partial charge in [-0.25, -0.2) is 0 Å². The zero-order chi connectivity index (χ0) is 13.1. The summed E-state index contributed by atoms with van der Waals surface area (Å²) in [5.74, 6) is 2.86. The van der Waals surface area contributed by atoms with Crippen LogP contribution in [0.1, 0.15) is 24.8 Å². The number of hydrogen-bond donors (Lipinski definition) is 0. The van der Waals surface area contributed by atoms with Crippen LogP contribution in [0, 0.1) is 23.2 Å². The maximum atomic E-state index is 8.72. The van der Waals surface area contributed by atoms with Gasteiger partial charge >= 0.3 is 0 Å². The van der Waals surface area contributed by atoms with Crippen LogP contribution in [0.15, 0.2) is 24.3 Å². The minimum Gasteiger partial charge on any atom is -0.494 e. The highest BCUT2D eigenvalue weighted by Crippen LogP contribution is 2.40. The highest BCUT2D eigenvalue weighted by atomic mass is 16.5. The predicted molar refractivity (Wildman–Crippen MR) is 73.9 cm³/mol. The van der Waals surface area contributed by atoms with Crippen molar-refractivity contribution in [2.75, 3.05) is 26.2 Å². The summed E-state index contributed by atoms with van der Waals surface area (Å²) < 4.78 is 5.70. The van der Waals surface area contributed by atoms with Crippen molar-refractivity contribution in [1.82, 2.24) is 4.90 Å². The fourth-order valence-corrected chi connectivity index (χ4v) is 3.14. The Morgan fingerprint density at radius 3 is 2.42 bits per heavy atom. The van der Waals surface area contributed by atoms with E-state index >= 15 is 0 Å². The molecule has 2 aliphatic rings. The molecule has 1 heterocycles. The number of likely N-dealkylation sites (tertiary alicyclic amines) is 1. The minimum atomic E-state index is 0.680. The van der Waals surface area contributed by atoms with Crippen molar-refractivity contribution in [3.8, 4) is 11.8 Å². The van der Waals surface area contributed by atoms with Gasteiger partial charge in [0, 0.05) is 19.6 Å². The van der Waals surface area contributed by atoms with E-state index in [-0.39, 0.29) is 0 Å². The molecule has 0 aromatic heterocycles. The molecule has 0 unspecified atom stereocenters. The molecule has 1 saturated heterocycles. The van der Waals surface area contributed by atoms with Crippen LogP contribution in [0.25, 0.3) is 0 Å². The number of nitriles is 1. The number of fused-ring (bicyclic) bond motifs is 1. The largest absolute Gasteiger partial charge is 0.494 e. The molecule has 3 rings (SSSR count). The second-order valence-electron chi connectivity index (χ2n) is 5.70. The summed E-state index contributed by atoms with van der Waals surface area (Å²) in [5, 5.41) is 8.72. The van der Waals surface area contributed by atoms with E-state index in [0.29, 0.717) is 5.56 Å². The van der Waals surface area contributed by atoms with Crippen molar-refractivity contribution in [3.05, 3.63) is 29.8 Å². The Kier molecular flexibility index (Phi) is 3.70. The number of nitrogens with zero attached hydrogens (tertiary/aromatic N) is 2. The second-order valence-corrected chi connectivity index (χ2v) is 5.70. The number of ether oxygens (including phenoxy) is 1. The van der Waals surface area contributed by atoms with E-state index in [1.54, 1.807) is 12.1 Å². The van der Waals surface area contributed by atoms with Crippen molar-refractivity contribution in [2.24, 2.45) is 11.8 Å². The third kappa shape index (κ3) is 2.90. The summed E-state index contributed by atoms with van der Waals surface area (Å²) in [6.07, 6.45) is 3.98. The summed E-state index contributed by atoms with van der Waals surface area (Å²) in [6.45, 7) is 4.53. The van der Waals surface area contributed by atoms with Crippen molar-refractivity contribution >= 4 is 0 Å². The van der Waals surface area contributed by atoms with Crippen molar-refractivity contribution in [3.63, 3.8) is 0 Å². The van der Waals surface area contributed by atoms with Crippen LogP contribution in [0.2, 0.25) is 0 Å². The molecule has 1 aliphatic carbocycles. The van der Waals surface area contributed by atoms with E-state index in [4.69, 9.17) is 10.00 Å². The van der Waals surface area contributed by atoms with Crippen LogP contribution in [0.5, 0.6) is 5.75 Å². The Morgan fingerprint density at radius 1 is 1.16 bits per heavy atom. The zero-order valence-electron chi connectivity index (χ0n) is 11.2. The second kappa shape index (κ2) is 5.63. The first kappa shape index (κ1) is 12.5. The average molecular weight is 256 g/mol. The third-order valence-electron chi connectivity index (χ3n) is 4.43. The zero-order valence-corrected chi connectivity index (χ0v) is 11.2. The average Bonchev–Trinajstić information content (AvgIpc) is 2.71. The maximum absolute atomic E-state index is 8.72. The summed E-state index contributed by atoms with van der Waals surface area (Å²) >= 11 is 0. The smallest absolute Gasteiger partial charge is 0.119 e. The first-order valence-electron chi connectivity index (χ1n) is 7.20. The van der Waals surface area contributed by atoms with Gasteiger partial charge in [0.1, 0.15) is 5.75 Å². The van der Waals surface area contributed by atoms with E-state index in [0.717, 1.165) is 37.2 Å². The maximum Gasteiger partial charge on any atom is 0.119 e. The highest BCUT2D eigenvalue weighted by Gasteiger charge is 2.38. The van der Waals surface area contributed by atoms with Gasteiger partial charge in [-0.1, -0.05) is 0 Å². The summed E-state index contributed by atoms with van der Waals surface area (Å²) in [7, 11) is 0.